The van der Waals surface area contributed by atoms with E-state index in [0.717, 1.165) is 19.0 Å². The maximum absolute atomic E-state index is 14.5. The Morgan fingerprint density at radius 2 is 2.13 bits per heavy atom. The summed E-state index contributed by atoms with van der Waals surface area (Å²) in [4.78, 5) is 18.5. The summed E-state index contributed by atoms with van der Waals surface area (Å²) in [6, 6.07) is 4.03. The lowest BCUT2D eigenvalue weighted by atomic mass is 10.1. The van der Waals surface area contributed by atoms with Crippen molar-refractivity contribution in [2.45, 2.75) is 56.5 Å². The van der Waals surface area contributed by atoms with E-state index >= 15 is 0 Å². The molecule has 1 saturated heterocycles. The molecule has 0 unspecified atom stereocenters. The third kappa shape index (κ3) is 4.60. The van der Waals surface area contributed by atoms with Gasteiger partial charge in [0.15, 0.2) is 5.82 Å². The minimum atomic E-state index is -3.47. The Balaban J connectivity index is 1.85. The Bertz CT molecular complexity index is 892. The number of halogens is 1. The van der Waals surface area contributed by atoms with Crippen LogP contribution in [0.5, 0.6) is 0 Å². The van der Waals surface area contributed by atoms with Crippen molar-refractivity contribution in [1.29, 1.82) is 0 Å². The van der Waals surface area contributed by atoms with Crippen molar-refractivity contribution < 1.29 is 18.3 Å². The minimum Gasteiger partial charge on any atom is -0.340 e. The minimum absolute atomic E-state index is 0.101. The largest absolute Gasteiger partial charge is 0.340 e. The zero-order valence-corrected chi connectivity index (χ0v) is 18.3. The molecule has 2 atom stereocenters. The number of pyridine rings is 1. The molecule has 9 heteroatoms. The molecule has 1 aromatic heterocycles. The number of carbonyl (C=O) groups excluding carboxylic acids is 1. The summed E-state index contributed by atoms with van der Waals surface area (Å²) in [5, 5.41) is 0.673. The fraction of sp³-hybridized carbons (Fsp3) is 0.524. The number of carbonyl (C=O) groups is 1. The van der Waals surface area contributed by atoms with E-state index in [1.54, 1.807) is 27.4 Å². The predicted molar refractivity (Wildman–Crippen MR) is 118 cm³/mol. The lowest BCUT2D eigenvalue weighted by molar-refractivity contribution is -0.133. The molecule has 3 rings (SSSR count). The zero-order chi connectivity index (χ0) is 21.9. The van der Waals surface area contributed by atoms with Gasteiger partial charge < -0.3 is 10.6 Å². The number of aromatic nitrogens is 1. The topological polar surface area (TPSA) is 103 Å². The smallest absolute Gasteiger partial charge is 0.239 e. The van der Waals surface area contributed by atoms with Crippen LogP contribution in [-0.4, -0.2) is 60.9 Å². The Hall–Kier alpha value is -1.78. The number of nitrogens with zero attached hydrogens (tertiary/aromatic N) is 3. The Morgan fingerprint density at radius 1 is 1.37 bits per heavy atom. The number of nitrogens with two attached hydrogens (primary N) is 1. The van der Waals surface area contributed by atoms with Gasteiger partial charge in [-0.1, -0.05) is 31.9 Å². The molecule has 4 N–H and O–H groups in total. The maximum Gasteiger partial charge on any atom is 0.239 e. The highest BCUT2D eigenvalue weighted by molar-refractivity contribution is 8.22. The van der Waals surface area contributed by atoms with Crippen molar-refractivity contribution in [3.63, 3.8) is 0 Å². The average Bonchev–Trinajstić information content (AvgIpc) is 2.93. The van der Waals surface area contributed by atoms with Crippen LogP contribution in [0.25, 0.3) is 10.8 Å². The first-order valence-electron chi connectivity index (χ1n) is 10.4. The van der Waals surface area contributed by atoms with Crippen LogP contribution in [0.15, 0.2) is 35.5 Å². The lowest BCUT2D eigenvalue weighted by Crippen LogP contribution is -2.47. The molecule has 2 aromatic rings. The van der Waals surface area contributed by atoms with Crippen LogP contribution >= 0.6 is 10.8 Å². The van der Waals surface area contributed by atoms with Crippen LogP contribution in [0, 0.1) is 5.82 Å². The first-order valence-corrected chi connectivity index (χ1v) is 11.9. The van der Waals surface area contributed by atoms with Gasteiger partial charge in [0.05, 0.1) is 17.1 Å². The molecule has 0 radical (unpaired) electrons. The van der Waals surface area contributed by atoms with Gasteiger partial charge in [-0.2, -0.15) is 4.31 Å². The number of fused-ring (bicyclic) bond motifs is 1. The lowest BCUT2D eigenvalue weighted by Gasteiger charge is -2.46. The van der Waals surface area contributed by atoms with Gasteiger partial charge in [0, 0.05) is 42.6 Å². The highest BCUT2D eigenvalue weighted by Crippen LogP contribution is 2.55. The quantitative estimate of drug-likeness (QED) is 0.633. The summed E-state index contributed by atoms with van der Waals surface area (Å²) in [7, 11) is -3.47. The van der Waals surface area contributed by atoms with Crippen molar-refractivity contribution in [3.8, 4) is 0 Å². The second-order valence-corrected chi connectivity index (χ2v) is 9.82. The van der Waals surface area contributed by atoms with E-state index in [4.69, 9.17) is 5.73 Å². The number of unbranched alkanes of at least 4 members (excludes halogenated alkanes) is 1. The van der Waals surface area contributed by atoms with Crippen LogP contribution in [0.2, 0.25) is 0 Å². The summed E-state index contributed by atoms with van der Waals surface area (Å²) in [5.41, 5.74) is 6.08. The molecule has 7 nitrogen and oxygen atoms in total. The van der Waals surface area contributed by atoms with Gasteiger partial charge in [-0.25, -0.2) is 4.39 Å². The molecule has 2 heterocycles. The molecule has 1 aromatic carbocycles. The van der Waals surface area contributed by atoms with E-state index in [9.17, 15) is 18.3 Å². The first-order chi connectivity index (χ1) is 14.3. The summed E-state index contributed by atoms with van der Waals surface area (Å²) in [5.74, 6) is -0.694. The molecule has 1 fully saturated rings. The number of hydrogen-bond donors (Lipinski definition) is 3. The van der Waals surface area contributed by atoms with Crippen molar-refractivity contribution in [2.75, 3.05) is 19.6 Å². The monoisotopic (exact) mass is 438 g/mol. The van der Waals surface area contributed by atoms with Crippen LogP contribution in [0.1, 0.15) is 39.5 Å². The third-order valence-corrected chi connectivity index (χ3v) is 7.73. The standard InChI is InChI=1S/C21H31FN4O3S/c1-3-4-8-18(23)21(27)25-10-6-11-26(15(2)14-25)30(28,29)19-9-5-7-16-12-24-13-17(22)20(16)19/h5,7,9,12-13,15,18,28-29H,3-4,6,8,10-11,14,23H2,1-2H3/t15-,18+/m0/s1. The van der Waals surface area contributed by atoms with E-state index in [1.165, 1.54) is 6.20 Å². The second-order valence-electron chi connectivity index (χ2n) is 7.87. The molecule has 0 saturated carbocycles. The molecule has 30 heavy (non-hydrogen) atoms. The highest BCUT2D eigenvalue weighted by atomic mass is 32.3. The van der Waals surface area contributed by atoms with E-state index in [0.29, 0.717) is 37.9 Å². The average molecular weight is 439 g/mol. The van der Waals surface area contributed by atoms with Crippen LogP contribution in [0.3, 0.4) is 0 Å². The number of benzene rings is 1. The molecular weight excluding hydrogens is 407 g/mol. The maximum atomic E-state index is 14.5. The summed E-state index contributed by atoms with van der Waals surface area (Å²) in [6.07, 6.45) is 5.66. The van der Waals surface area contributed by atoms with Gasteiger partial charge in [-0.3, -0.25) is 18.9 Å². The van der Waals surface area contributed by atoms with Crippen molar-refractivity contribution in [2.24, 2.45) is 5.73 Å². The van der Waals surface area contributed by atoms with Crippen LogP contribution in [-0.2, 0) is 4.79 Å². The van der Waals surface area contributed by atoms with Crippen LogP contribution in [0.4, 0.5) is 4.39 Å². The Labute approximate surface area is 178 Å². The van der Waals surface area contributed by atoms with E-state index < -0.39 is 22.6 Å². The molecule has 0 aliphatic carbocycles. The summed E-state index contributed by atoms with van der Waals surface area (Å²) >= 11 is 0. The van der Waals surface area contributed by atoms with Gasteiger partial charge in [0.1, 0.15) is 0 Å². The predicted octanol–water partition coefficient (Wildman–Crippen LogP) is 3.84. The number of rotatable bonds is 6. The van der Waals surface area contributed by atoms with Gasteiger partial charge in [0.25, 0.3) is 0 Å². The highest BCUT2D eigenvalue weighted by Gasteiger charge is 2.35. The van der Waals surface area contributed by atoms with E-state index in [2.05, 4.69) is 11.9 Å². The third-order valence-electron chi connectivity index (χ3n) is 5.60. The SMILES string of the molecule is CCCC[C@@H](N)C(=O)N1CCCN(S(O)(O)c2cccc3cncc(F)c23)[C@@H](C)C1. The molecule has 1 aliphatic heterocycles. The van der Waals surface area contributed by atoms with Crippen molar-refractivity contribution in [3.05, 3.63) is 36.4 Å². The fourth-order valence-corrected chi connectivity index (χ4v) is 5.97. The molecule has 1 amide bonds. The summed E-state index contributed by atoms with van der Waals surface area (Å²) in [6.45, 7) is 5.12. The van der Waals surface area contributed by atoms with Gasteiger partial charge in [-0.05, 0) is 25.8 Å². The fourth-order valence-electron chi connectivity index (χ4n) is 4.01. The van der Waals surface area contributed by atoms with Crippen LogP contribution < -0.4 is 5.73 Å². The molecule has 1 aliphatic rings. The number of amides is 1. The Morgan fingerprint density at radius 3 is 2.87 bits per heavy atom. The van der Waals surface area contributed by atoms with Crippen molar-refractivity contribution >= 4 is 27.5 Å². The van der Waals surface area contributed by atoms with Gasteiger partial charge in [-0.15, -0.1) is 10.8 Å². The first kappa shape index (κ1) is 22.9. The van der Waals surface area contributed by atoms with Crippen molar-refractivity contribution in [1.82, 2.24) is 14.2 Å². The van der Waals surface area contributed by atoms with E-state index in [1.807, 2.05) is 6.92 Å². The molecule has 0 spiro atoms. The second kappa shape index (κ2) is 9.57. The molecular formula is C21H31FN4O3S. The van der Waals surface area contributed by atoms with E-state index in [-0.39, 0.29) is 22.2 Å². The normalized spacial score (nSPS) is 20.2. The van der Waals surface area contributed by atoms with Gasteiger partial charge >= 0.3 is 0 Å². The van der Waals surface area contributed by atoms with Gasteiger partial charge in [0.2, 0.25) is 5.91 Å². The zero-order valence-electron chi connectivity index (χ0n) is 17.5. The molecule has 0 bridgehead atoms. The molecule has 166 valence electrons. The number of hydrogen-bond acceptors (Lipinski definition) is 6. The summed E-state index contributed by atoms with van der Waals surface area (Å²) < 4.78 is 38.6. The Kier molecular flexibility index (Phi) is 7.30.